The number of benzene rings is 2. The van der Waals surface area contributed by atoms with E-state index >= 15 is 0 Å². The number of rotatable bonds is 5. The standard InChI is InChI=1S/C10H15BO2.C10H14/c1-3-8(2)9-4-6-10(7-5-9)11(12)13;1-3-9(2)10-7-5-4-6-8-10/h4-8,12-13H,3H2,1-2H3;4-9H,3H2,1-2H3. The fraction of sp³-hybridized carbons (Fsp3) is 0.400. The lowest BCUT2D eigenvalue weighted by atomic mass is 9.79. The van der Waals surface area contributed by atoms with Crippen molar-refractivity contribution in [3.63, 3.8) is 0 Å². The van der Waals surface area contributed by atoms with Crippen molar-refractivity contribution in [2.75, 3.05) is 0 Å². The highest BCUT2D eigenvalue weighted by molar-refractivity contribution is 6.58. The molecular weight excluding hydrogens is 283 g/mol. The molecule has 23 heavy (non-hydrogen) atoms. The Morgan fingerprint density at radius 1 is 0.739 bits per heavy atom. The van der Waals surface area contributed by atoms with Crippen LogP contribution in [-0.4, -0.2) is 17.2 Å². The zero-order chi connectivity index (χ0) is 17.2. The van der Waals surface area contributed by atoms with Crippen LogP contribution in [0.3, 0.4) is 0 Å². The molecule has 0 aliphatic heterocycles. The lowest BCUT2D eigenvalue weighted by Crippen LogP contribution is -2.29. The van der Waals surface area contributed by atoms with Crippen LogP contribution >= 0.6 is 0 Å². The average Bonchev–Trinajstić information content (AvgIpc) is 2.61. The fourth-order valence-corrected chi connectivity index (χ4v) is 2.25. The largest absolute Gasteiger partial charge is 0.488 e. The van der Waals surface area contributed by atoms with Crippen LogP contribution in [0.25, 0.3) is 0 Å². The maximum absolute atomic E-state index is 8.87. The Hall–Kier alpha value is -1.58. The van der Waals surface area contributed by atoms with E-state index in [1.807, 2.05) is 12.1 Å². The van der Waals surface area contributed by atoms with Gasteiger partial charge >= 0.3 is 7.12 Å². The third-order valence-corrected chi connectivity index (χ3v) is 4.40. The minimum Gasteiger partial charge on any atom is -0.423 e. The molecule has 0 fully saturated rings. The summed E-state index contributed by atoms with van der Waals surface area (Å²) in [5, 5.41) is 17.7. The number of hydrogen-bond acceptors (Lipinski definition) is 2. The summed E-state index contributed by atoms with van der Waals surface area (Å²) in [7, 11) is -1.36. The van der Waals surface area contributed by atoms with Crippen molar-refractivity contribution in [3.05, 3.63) is 65.7 Å². The Bertz CT molecular complexity index is 537. The summed E-state index contributed by atoms with van der Waals surface area (Å²) in [5.74, 6) is 1.24. The molecule has 2 unspecified atom stereocenters. The van der Waals surface area contributed by atoms with E-state index in [0.29, 0.717) is 17.3 Å². The lowest BCUT2D eigenvalue weighted by molar-refractivity contribution is 0.426. The quantitative estimate of drug-likeness (QED) is 0.817. The highest BCUT2D eigenvalue weighted by Gasteiger charge is 2.10. The van der Waals surface area contributed by atoms with Gasteiger partial charge in [0.05, 0.1) is 0 Å². The van der Waals surface area contributed by atoms with Gasteiger partial charge in [-0.15, -0.1) is 0 Å². The van der Waals surface area contributed by atoms with Crippen LogP contribution in [0.1, 0.15) is 63.5 Å². The predicted molar refractivity (Wildman–Crippen MR) is 100 cm³/mol. The number of hydrogen-bond donors (Lipinski definition) is 2. The monoisotopic (exact) mass is 312 g/mol. The van der Waals surface area contributed by atoms with Gasteiger partial charge in [0.1, 0.15) is 0 Å². The van der Waals surface area contributed by atoms with Gasteiger partial charge in [0.2, 0.25) is 0 Å². The molecule has 2 aromatic carbocycles. The van der Waals surface area contributed by atoms with Crippen LogP contribution in [0, 0.1) is 0 Å². The molecular formula is C20H29BO2. The average molecular weight is 312 g/mol. The van der Waals surface area contributed by atoms with Gasteiger partial charge in [0, 0.05) is 0 Å². The topological polar surface area (TPSA) is 40.5 Å². The molecule has 0 heterocycles. The van der Waals surface area contributed by atoms with Crippen molar-refractivity contribution >= 4 is 12.6 Å². The fourth-order valence-electron chi connectivity index (χ4n) is 2.25. The molecule has 2 rings (SSSR count). The van der Waals surface area contributed by atoms with Crippen LogP contribution in [0.15, 0.2) is 54.6 Å². The van der Waals surface area contributed by atoms with Crippen LogP contribution in [0.2, 0.25) is 0 Å². The Labute approximate surface area is 141 Å². The van der Waals surface area contributed by atoms with Crippen LogP contribution in [-0.2, 0) is 0 Å². The van der Waals surface area contributed by atoms with Crippen LogP contribution in [0.5, 0.6) is 0 Å². The molecule has 2 nitrogen and oxygen atoms in total. The third-order valence-electron chi connectivity index (χ3n) is 4.40. The predicted octanol–water partition coefficient (Wildman–Crippen LogP) is 4.08. The lowest BCUT2D eigenvalue weighted by Gasteiger charge is -2.09. The van der Waals surface area contributed by atoms with Crippen molar-refractivity contribution in [1.29, 1.82) is 0 Å². The molecule has 2 atom stereocenters. The first-order chi connectivity index (χ1) is 11.0. The molecule has 0 aromatic heterocycles. The van der Waals surface area contributed by atoms with Gasteiger partial charge in [0.25, 0.3) is 0 Å². The molecule has 0 amide bonds. The third kappa shape index (κ3) is 6.59. The molecule has 0 aliphatic rings. The van der Waals surface area contributed by atoms with Crippen molar-refractivity contribution in [1.82, 2.24) is 0 Å². The van der Waals surface area contributed by atoms with E-state index in [1.165, 1.54) is 17.5 Å². The second-order valence-electron chi connectivity index (χ2n) is 6.07. The van der Waals surface area contributed by atoms with Crippen molar-refractivity contribution < 1.29 is 10.0 Å². The van der Waals surface area contributed by atoms with Gasteiger partial charge in [-0.1, -0.05) is 82.3 Å². The summed E-state index contributed by atoms with van der Waals surface area (Å²) in [4.78, 5) is 0. The summed E-state index contributed by atoms with van der Waals surface area (Å²) in [6.07, 6.45) is 2.32. The van der Waals surface area contributed by atoms with Crippen molar-refractivity contribution in [3.8, 4) is 0 Å². The van der Waals surface area contributed by atoms with E-state index in [2.05, 4.69) is 58.0 Å². The first-order valence-corrected chi connectivity index (χ1v) is 8.50. The molecule has 0 aliphatic carbocycles. The van der Waals surface area contributed by atoms with Gasteiger partial charge in [0.15, 0.2) is 0 Å². The Morgan fingerprint density at radius 2 is 1.17 bits per heavy atom. The van der Waals surface area contributed by atoms with E-state index in [-0.39, 0.29) is 0 Å². The highest BCUT2D eigenvalue weighted by Crippen LogP contribution is 2.17. The molecule has 2 N–H and O–H groups in total. The van der Waals surface area contributed by atoms with Crippen LogP contribution in [0.4, 0.5) is 0 Å². The first kappa shape index (κ1) is 19.5. The normalized spacial score (nSPS) is 12.8. The second kappa shape index (κ2) is 10.2. The van der Waals surface area contributed by atoms with Crippen molar-refractivity contribution in [2.45, 2.75) is 52.4 Å². The molecule has 0 bridgehead atoms. The molecule has 124 valence electrons. The zero-order valence-electron chi connectivity index (χ0n) is 14.7. The maximum atomic E-state index is 8.87. The van der Waals surface area contributed by atoms with Gasteiger partial charge in [-0.25, -0.2) is 0 Å². The minimum absolute atomic E-state index is 0.532. The van der Waals surface area contributed by atoms with E-state index in [1.54, 1.807) is 12.1 Å². The minimum atomic E-state index is -1.36. The highest BCUT2D eigenvalue weighted by atomic mass is 16.4. The van der Waals surface area contributed by atoms with E-state index in [9.17, 15) is 0 Å². The summed E-state index contributed by atoms with van der Waals surface area (Å²) in [6.45, 7) is 8.77. The van der Waals surface area contributed by atoms with E-state index in [0.717, 1.165) is 6.42 Å². The molecule has 0 spiro atoms. The maximum Gasteiger partial charge on any atom is 0.488 e. The van der Waals surface area contributed by atoms with Gasteiger partial charge in [-0.2, -0.15) is 0 Å². The SMILES string of the molecule is CCC(C)c1ccc(B(O)O)cc1.CCC(C)c1ccccc1. The van der Waals surface area contributed by atoms with Gasteiger partial charge < -0.3 is 10.0 Å². The molecule has 3 heteroatoms. The van der Waals surface area contributed by atoms with E-state index < -0.39 is 7.12 Å². The molecule has 0 saturated carbocycles. The summed E-state index contributed by atoms with van der Waals surface area (Å²) in [6, 6.07) is 18.0. The second-order valence-corrected chi connectivity index (χ2v) is 6.07. The zero-order valence-corrected chi connectivity index (χ0v) is 14.7. The van der Waals surface area contributed by atoms with E-state index in [4.69, 9.17) is 10.0 Å². The van der Waals surface area contributed by atoms with Gasteiger partial charge in [-0.3, -0.25) is 0 Å². The Kier molecular flexibility index (Phi) is 8.67. The summed E-state index contributed by atoms with van der Waals surface area (Å²) in [5.41, 5.74) is 3.24. The Balaban J connectivity index is 0.000000238. The first-order valence-electron chi connectivity index (χ1n) is 8.50. The molecule has 2 aromatic rings. The molecule has 0 radical (unpaired) electrons. The van der Waals surface area contributed by atoms with Crippen molar-refractivity contribution in [2.24, 2.45) is 0 Å². The van der Waals surface area contributed by atoms with Crippen LogP contribution < -0.4 is 5.46 Å². The van der Waals surface area contributed by atoms with Gasteiger partial charge in [-0.05, 0) is 41.3 Å². The summed E-state index contributed by atoms with van der Waals surface area (Å²) >= 11 is 0. The Morgan fingerprint density at radius 3 is 1.57 bits per heavy atom. The summed E-state index contributed by atoms with van der Waals surface area (Å²) < 4.78 is 0. The smallest absolute Gasteiger partial charge is 0.423 e. The molecule has 0 saturated heterocycles.